The summed E-state index contributed by atoms with van der Waals surface area (Å²) in [6.45, 7) is 6.80. The van der Waals surface area contributed by atoms with Crippen LogP contribution >= 0.6 is 0 Å². The molecule has 1 rings (SSSR count). The van der Waals surface area contributed by atoms with Crippen LogP contribution in [0.25, 0.3) is 0 Å². The molecule has 0 saturated carbocycles. The van der Waals surface area contributed by atoms with Gasteiger partial charge in [0, 0.05) is 13.1 Å². The Bertz CT molecular complexity index is 403. The molecule has 0 saturated heterocycles. The summed E-state index contributed by atoms with van der Waals surface area (Å²) in [4.78, 5) is 11.8. The Morgan fingerprint density at radius 1 is 1.40 bits per heavy atom. The Morgan fingerprint density at radius 2 is 2.05 bits per heavy atom. The number of nitrogens with one attached hydrogen (secondary N) is 1. The molecule has 2 N–H and O–H groups in total. The molecular weight excluding hydrogens is 254 g/mol. The number of hydrogen-bond acceptors (Lipinski definition) is 4. The average Bonchev–Trinajstić information content (AvgIpc) is 2.45. The van der Waals surface area contributed by atoms with Gasteiger partial charge in [0.15, 0.2) is 0 Å². The van der Waals surface area contributed by atoms with Gasteiger partial charge in [-0.25, -0.2) is 0 Å². The molecule has 0 spiro atoms. The van der Waals surface area contributed by atoms with E-state index in [1.165, 1.54) is 0 Å². The first-order chi connectivity index (χ1) is 9.44. The first-order valence-electron chi connectivity index (χ1n) is 7.08. The second-order valence-corrected chi connectivity index (χ2v) is 5.48. The Balaban J connectivity index is 2.26. The van der Waals surface area contributed by atoms with Crippen molar-refractivity contribution in [1.29, 1.82) is 0 Å². The lowest BCUT2D eigenvalue weighted by Gasteiger charge is -2.22. The highest BCUT2D eigenvalue weighted by atomic mass is 16.5. The number of rotatable bonds is 8. The van der Waals surface area contributed by atoms with Crippen molar-refractivity contribution in [3.05, 3.63) is 35.9 Å². The summed E-state index contributed by atoms with van der Waals surface area (Å²) in [7, 11) is 0. The summed E-state index contributed by atoms with van der Waals surface area (Å²) in [6.07, 6.45) is 0.673. The van der Waals surface area contributed by atoms with E-state index in [1.54, 1.807) is 6.92 Å². The summed E-state index contributed by atoms with van der Waals surface area (Å²) in [5.74, 6) is -0.455. The predicted octanol–water partition coefficient (Wildman–Crippen LogP) is 2.12. The van der Waals surface area contributed by atoms with Gasteiger partial charge in [-0.1, -0.05) is 44.2 Å². The third kappa shape index (κ3) is 6.17. The van der Waals surface area contributed by atoms with Crippen LogP contribution in [-0.2, 0) is 16.1 Å². The van der Waals surface area contributed by atoms with Crippen molar-refractivity contribution in [2.24, 2.45) is 5.92 Å². The minimum atomic E-state index is -0.729. The van der Waals surface area contributed by atoms with Gasteiger partial charge in [-0.05, 0) is 18.9 Å². The van der Waals surface area contributed by atoms with E-state index in [9.17, 15) is 9.90 Å². The van der Waals surface area contributed by atoms with E-state index in [0.29, 0.717) is 26.1 Å². The van der Waals surface area contributed by atoms with Gasteiger partial charge in [0.1, 0.15) is 6.61 Å². The zero-order valence-corrected chi connectivity index (χ0v) is 12.6. The molecule has 4 heteroatoms. The molecule has 112 valence electrons. The van der Waals surface area contributed by atoms with Gasteiger partial charge in [0.05, 0.1) is 11.5 Å². The maximum absolute atomic E-state index is 11.8. The van der Waals surface area contributed by atoms with Crippen molar-refractivity contribution >= 4 is 5.97 Å². The van der Waals surface area contributed by atoms with E-state index in [2.05, 4.69) is 5.32 Å². The number of aliphatic hydroxyl groups is 1. The third-order valence-corrected chi connectivity index (χ3v) is 3.34. The molecule has 2 atom stereocenters. The molecule has 1 aromatic carbocycles. The normalized spacial score (nSPS) is 15.4. The topological polar surface area (TPSA) is 58.6 Å². The van der Waals surface area contributed by atoms with E-state index in [-0.39, 0.29) is 11.9 Å². The zero-order chi connectivity index (χ0) is 15.0. The minimum Gasteiger partial charge on any atom is -0.461 e. The van der Waals surface area contributed by atoms with Crippen LogP contribution in [0, 0.1) is 5.92 Å². The summed E-state index contributed by atoms with van der Waals surface area (Å²) in [5.41, 5.74) is 0.253. The molecule has 0 aliphatic rings. The lowest BCUT2D eigenvalue weighted by atomic mass is 10.0. The van der Waals surface area contributed by atoms with Crippen molar-refractivity contribution < 1.29 is 14.6 Å². The number of ether oxygens (including phenoxy) is 1. The van der Waals surface area contributed by atoms with E-state index in [4.69, 9.17) is 4.74 Å². The van der Waals surface area contributed by atoms with E-state index >= 15 is 0 Å². The summed E-state index contributed by atoms with van der Waals surface area (Å²) in [6, 6.07) is 9.61. The second kappa shape index (κ2) is 8.02. The van der Waals surface area contributed by atoms with Crippen LogP contribution in [0.2, 0.25) is 0 Å². The van der Waals surface area contributed by atoms with Gasteiger partial charge in [-0.2, -0.15) is 0 Å². The molecule has 0 heterocycles. The molecule has 0 aliphatic carbocycles. The van der Waals surface area contributed by atoms with Crippen LogP contribution in [-0.4, -0.2) is 29.8 Å². The molecule has 0 amide bonds. The molecular formula is C16H25NO3. The second-order valence-electron chi connectivity index (χ2n) is 5.48. The number of carbonyl (C=O) groups is 1. The standard InChI is InChI=1S/C16H25NO3/c1-4-16(3,19)12-17-10-13(2)15(18)20-11-14-8-6-5-7-9-14/h5-9,13,17,19H,4,10-12H2,1-3H3. The number of hydrogen-bond donors (Lipinski definition) is 2. The molecule has 0 aliphatic heterocycles. The van der Waals surface area contributed by atoms with Crippen LogP contribution in [0.5, 0.6) is 0 Å². The minimum absolute atomic E-state index is 0.225. The maximum Gasteiger partial charge on any atom is 0.310 e. The third-order valence-electron chi connectivity index (χ3n) is 3.34. The van der Waals surface area contributed by atoms with Crippen LogP contribution < -0.4 is 5.32 Å². The fourth-order valence-corrected chi connectivity index (χ4v) is 1.64. The molecule has 2 unspecified atom stereocenters. The van der Waals surface area contributed by atoms with Gasteiger partial charge in [0.25, 0.3) is 0 Å². The zero-order valence-electron chi connectivity index (χ0n) is 12.6. The molecule has 0 fully saturated rings. The number of benzene rings is 1. The van der Waals surface area contributed by atoms with Crippen LogP contribution in [0.1, 0.15) is 32.8 Å². The monoisotopic (exact) mass is 279 g/mol. The van der Waals surface area contributed by atoms with Crippen LogP contribution in [0.3, 0.4) is 0 Å². The van der Waals surface area contributed by atoms with Crippen LogP contribution in [0.15, 0.2) is 30.3 Å². The quantitative estimate of drug-likeness (QED) is 0.716. The highest BCUT2D eigenvalue weighted by molar-refractivity contribution is 5.72. The first-order valence-corrected chi connectivity index (χ1v) is 7.08. The highest BCUT2D eigenvalue weighted by Crippen LogP contribution is 2.07. The maximum atomic E-state index is 11.8. The average molecular weight is 279 g/mol. The fourth-order valence-electron chi connectivity index (χ4n) is 1.64. The largest absolute Gasteiger partial charge is 0.461 e. The number of carbonyl (C=O) groups excluding carboxylic acids is 1. The number of esters is 1. The first kappa shape index (κ1) is 16.7. The lowest BCUT2D eigenvalue weighted by Crippen LogP contribution is -2.40. The van der Waals surface area contributed by atoms with Gasteiger partial charge >= 0.3 is 5.97 Å². The molecule has 0 radical (unpaired) electrons. The molecule has 1 aromatic rings. The van der Waals surface area contributed by atoms with Crippen LogP contribution in [0.4, 0.5) is 0 Å². The van der Waals surface area contributed by atoms with Gasteiger partial charge in [0.2, 0.25) is 0 Å². The Morgan fingerprint density at radius 3 is 2.65 bits per heavy atom. The van der Waals surface area contributed by atoms with Crippen molar-refractivity contribution in [3.8, 4) is 0 Å². The molecule has 0 bridgehead atoms. The smallest absolute Gasteiger partial charge is 0.310 e. The van der Waals surface area contributed by atoms with Gasteiger partial charge in [-0.15, -0.1) is 0 Å². The summed E-state index contributed by atoms with van der Waals surface area (Å²) < 4.78 is 5.26. The van der Waals surface area contributed by atoms with Gasteiger partial charge in [-0.3, -0.25) is 4.79 Å². The van der Waals surface area contributed by atoms with Crippen molar-refractivity contribution in [2.45, 2.75) is 39.4 Å². The van der Waals surface area contributed by atoms with Crippen molar-refractivity contribution in [2.75, 3.05) is 13.1 Å². The molecule has 20 heavy (non-hydrogen) atoms. The van der Waals surface area contributed by atoms with Gasteiger partial charge < -0.3 is 15.2 Å². The van der Waals surface area contributed by atoms with Crippen molar-refractivity contribution in [1.82, 2.24) is 5.32 Å². The predicted molar refractivity (Wildman–Crippen MR) is 79.2 cm³/mol. The van der Waals surface area contributed by atoms with E-state index in [1.807, 2.05) is 44.2 Å². The summed E-state index contributed by atoms with van der Waals surface area (Å²) >= 11 is 0. The van der Waals surface area contributed by atoms with Crippen molar-refractivity contribution in [3.63, 3.8) is 0 Å². The summed E-state index contributed by atoms with van der Waals surface area (Å²) in [5, 5.41) is 13.0. The highest BCUT2D eigenvalue weighted by Gasteiger charge is 2.19. The molecule has 0 aromatic heterocycles. The lowest BCUT2D eigenvalue weighted by molar-refractivity contribution is -0.149. The SMILES string of the molecule is CCC(C)(O)CNCC(C)C(=O)OCc1ccccc1. The molecule has 4 nitrogen and oxygen atoms in total. The van der Waals surface area contributed by atoms with E-state index in [0.717, 1.165) is 5.56 Å². The fraction of sp³-hybridized carbons (Fsp3) is 0.562. The Labute approximate surface area is 121 Å². The Kier molecular flexibility index (Phi) is 6.68. The Hall–Kier alpha value is -1.39. The van der Waals surface area contributed by atoms with E-state index < -0.39 is 5.60 Å².